The Morgan fingerprint density at radius 1 is 1.11 bits per heavy atom. The molecular weight excluding hydrogens is 841 g/mol. The van der Waals surface area contributed by atoms with Gasteiger partial charge in [0.1, 0.15) is 29.5 Å². The van der Waals surface area contributed by atoms with Crippen LogP contribution in [-0.4, -0.2) is 154 Å². The second-order valence-electron chi connectivity index (χ2n) is 18.2. The van der Waals surface area contributed by atoms with Crippen LogP contribution in [0, 0.1) is 11.8 Å². The molecule has 0 radical (unpaired) electrons. The number of cyclic esters (lactones) is 1. The third-order valence-corrected chi connectivity index (χ3v) is 12.8. The number of nitrogens with one attached hydrogen (secondary N) is 1. The number of hydrogen-bond donors (Lipinski definition) is 3. The van der Waals surface area contributed by atoms with Crippen LogP contribution in [0.5, 0.6) is 0 Å². The molecule has 0 bridgehead atoms. The van der Waals surface area contributed by atoms with Crippen molar-refractivity contribution >= 4 is 35.7 Å². The van der Waals surface area contributed by atoms with Crippen molar-refractivity contribution in [3.8, 4) is 11.3 Å². The van der Waals surface area contributed by atoms with E-state index in [1.807, 2.05) is 64.2 Å². The summed E-state index contributed by atoms with van der Waals surface area (Å²) in [6.07, 6.45) is -0.232. The lowest BCUT2D eigenvalue weighted by Gasteiger charge is -2.47. The topological polar surface area (TPSA) is 193 Å². The highest BCUT2D eigenvalue weighted by Gasteiger charge is 2.59. The smallest absolute Gasteiger partial charge is 0.410 e. The van der Waals surface area contributed by atoms with Crippen LogP contribution in [0.25, 0.3) is 11.3 Å². The number of benzene rings is 1. The second kappa shape index (κ2) is 22.2. The molecule has 3 fully saturated rings. The number of hydrogen-bond acceptors (Lipinski definition) is 15. The fourth-order valence-corrected chi connectivity index (χ4v) is 9.44. The summed E-state index contributed by atoms with van der Waals surface area (Å²) in [7, 11) is 5.13. The van der Waals surface area contributed by atoms with E-state index in [2.05, 4.69) is 15.6 Å². The van der Waals surface area contributed by atoms with Crippen LogP contribution in [0.1, 0.15) is 87.5 Å². The van der Waals surface area contributed by atoms with Crippen molar-refractivity contribution in [1.82, 2.24) is 30.1 Å². The second-order valence-corrected chi connectivity index (χ2v) is 18.5. The summed E-state index contributed by atoms with van der Waals surface area (Å²) in [5.74, 6) is -3.64. The molecule has 63 heavy (non-hydrogen) atoms. The van der Waals surface area contributed by atoms with E-state index in [0.717, 1.165) is 5.56 Å². The van der Waals surface area contributed by atoms with E-state index in [9.17, 15) is 23.4 Å². The predicted molar refractivity (Wildman–Crippen MR) is 237 cm³/mol. The average molecular weight is 912 g/mol. The van der Waals surface area contributed by atoms with E-state index in [1.165, 1.54) is 27.2 Å². The van der Waals surface area contributed by atoms with Gasteiger partial charge in [-0.15, -0.1) is 5.10 Å². The monoisotopic (exact) mass is 912 g/mol. The molecule has 3 saturated heterocycles. The summed E-state index contributed by atoms with van der Waals surface area (Å²) in [5, 5.41) is 23.3. The number of unbranched alkanes of at least 4 members (excludes halogenated alkanes) is 1. The Balaban J connectivity index is 0.00000282. The normalized spacial score (nSPS) is 35.8. The maximum absolute atomic E-state index is 17.1. The van der Waals surface area contributed by atoms with Gasteiger partial charge in [-0.2, -0.15) is 3.89 Å². The third-order valence-electron chi connectivity index (χ3n) is 12.8. The number of rotatable bonds is 11. The van der Waals surface area contributed by atoms with E-state index in [4.69, 9.17) is 29.4 Å². The number of nitrogens with two attached hydrogens (primary N) is 1. The largest absolute Gasteiger partial charge is 0.458 e. The number of halogens is 2. The first-order chi connectivity index (χ1) is 29.6. The predicted octanol–water partition coefficient (Wildman–Crippen LogP) is 5.61. The molecule has 1 aromatic carbocycles. The number of aliphatic hydroxyl groups is 1. The number of aryl methyl sites for hydroxylation is 1. The molecule has 1 aromatic heterocycles. The highest BCUT2D eigenvalue weighted by molar-refractivity contribution is 7.93. The van der Waals surface area contributed by atoms with Crippen LogP contribution < -0.4 is 11.1 Å². The molecule has 356 valence electrons. The first-order valence-electron chi connectivity index (χ1n) is 21.8. The summed E-state index contributed by atoms with van der Waals surface area (Å²) in [6, 6.07) is 5.85. The SMILES string of the molecule is CC[C@H]1OC(=O)[C@H](C)C(=O)[C@H](C)[C@@H](O[C@@H]2OC(C)CC(N(C)C)C2O)[C@](C)(OC)CC(C)(F)CN[C@H](C)[C@H]2N(CCCCn3cc(-c4cccc(N)c4)nn3)C(=O)O[C@]12C.CSF. The fraction of sp³-hybridized carbons (Fsp3) is 0.750. The lowest BCUT2D eigenvalue weighted by Crippen LogP contribution is -2.62. The van der Waals surface area contributed by atoms with Crippen molar-refractivity contribution in [2.75, 3.05) is 46.3 Å². The quantitative estimate of drug-likeness (QED) is 0.109. The molecule has 4 unspecified atom stereocenters. The van der Waals surface area contributed by atoms with Gasteiger partial charge in [-0.25, -0.2) is 9.18 Å². The number of methoxy groups -OCH3 is 1. The summed E-state index contributed by atoms with van der Waals surface area (Å²) in [6.45, 7) is 14.1. The molecule has 4 N–H and O–H groups in total. The number of aliphatic hydroxyl groups excluding tert-OH is 1. The van der Waals surface area contributed by atoms with Gasteiger partial charge in [-0.1, -0.05) is 31.2 Å². The molecule has 3 aliphatic heterocycles. The molecule has 16 nitrogen and oxygen atoms in total. The maximum Gasteiger partial charge on any atom is 0.410 e. The minimum absolute atomic E-state index is 0.173. The Labute approximate surface area is 375 Å². The van der Waals surface area contributed by atoms with E-state index in [1.54, 1.807) is 36.4 Å². The first-order valence-corrected chi connectivity index (χ1v) is 23.0. The number of amides is 1. The number of nitrogens with zero attached hydrogens (tertiary/aromatic N) is 5. The summed E-state index contributed by atoms with van der Waals surface area (Å²) < 4.78 is 60.1. The molecule has 0 saturated carbocycles. The number of fused-ring (bicyclic) bond motifs is 1. The van der Waals surface area contributed by atoms with Crippen LogP contribution in [0.15, 0.2) is 30.5 Å². The molecule has 0 aliphatic carbocycles. The summed E-state index contributed by atoms with van der Waals surface area (Å²) in [5.41, 5.74) is 3.35. The highest BCUT2D eigenvalue weighted by atomic mass is 32.2. The van der Waals surface area contributed by atoms with Gasteiger partial charge in [0.2, 0.25) is 0 Å². The van der Waals surface area contributed by atoms with Gasteiger partial charge in [0.05, 0.1) is 30.0 Å². The number of alkyl halides is 1. The Bertz CT molecular complexity index is 1830. The number of ether oxygens (including phenoxy) is 5. The number of ketones is 1. The summed E-state index contributed by atoms with van der Waals surface area (Å²) in [4.78, 5) is 45.7. The number of Topliss-reactive ketones (excluding diaryl/α,β-unsaturated/α-hetero) is 1. The van der Waals surface area contributed by atoms with Gasteiger partial charge in [-0.05, 0) is 93.5 Å². The van der Waals surface area contributed by atoms with Crippen LogP contribution >= 0.6 is 12.1 Å². The van der Waals surface area contributed by atoms with E-state index in [-0.39, 0.29) is 43.7 Å². The Morgan fingerprint density at radius 3 is 2.40 bits per heavy atom. The first kappa shape index (κ1) is 52.2. The molecule has 1 amide bonds. The molecule has 19 heteroatoms. The summed E-state index contributed by atoms with van der Waals surface area (Å²) >= 11 is 0.250. The van der Waals surface area contributed by atoms with Crippen LogP contribution in [-0.2, 0) is 39.8 Å². The standard InChI is InChI=1S/C43H68FN7O9.CH3FS/c1-12-33-43(8)36(51(40(55)60-43)19-14-13-18-50-22-31(47-48-50)29-16-15-17-30(45)21-29)28(5)46-24-41(6,44)23-42(7,56-11)37(26(3)34(52)27(4)38(54)58-33)59-39-35(53)32(49(9)10)20-25(2)57-39;1-3-2/h15-17,21-22,25-28,32-33,35-37,39,46,53H,12-14,18-20,23-24,45H2,1-11H3;1H3/t25?,26-,27+,28+,32?,33+,35?,36+,37+,39-,41?,42+,43+;/m0./s1. The van der Waals surface area contributed by atoms with E-state index < -0.39 is 83.2 Å². The number of esters is 1. The lowest BCUT2D eigenvalue weighted by atomic mass is 9.77. The Hall–Kier alpha value is -3.46. The third kappa shape index (κ3) is 12.5. The number of aromatic nitrogens is 3. The molecular formula is C44H71F2N7O9S. The minimum Gasteiger partial charge on any atom is -0.458 e. The zero-order valence-corrected chi connectivity index (χ0v) is 39.8. The van der Waals surface area contributed by atoms with Gasteiger partial charge in [0, 0.05) is 80.8 Å². The van der Waals surface area contributed by atoms with Crippen LogP contribution in [0.3, 0.4) is 0 Å². The van der Waals surface area contributed by atoms with Gasteiger partial charge < -0.3 is 44.7 Å². The number of anilines is 1. The van der Waals surface area contributed by atoms with Gasteiger partial charge >= 0.3 is 12.1 Å². The van der Waals surface area contributed by atoms with Crippen LogP contribution in [0.4, 0.5) is 18.8 Å². The van der Waals surface area contributed by atoms with E-state index in [0.29, 0.717) is 43.7 Å². The number of nitrogen functional groups attached to an aromatic ring is 1. The molecule has 2 aromatic rings. The maximum atomic E-state index is 17.1. The highest BCUT2D eigenvalue weighted by Crippen LogP contribution is 2.41. The van der Waals surface area contributed by atoms with Gasteiger partial charge in [-0.3, -0.25) is 19.2 Å². The molecule has 4 heterocycles. The Morgan fingerprint density at radius 2 is 1.78 bits per heavy atom. The molecule has 5 rings (SSSR count). The lowest BCUT2D eigenvalue weighted by molar-refractivity contribution is -0.296. The number of carbonyl (C=O) groups is 3. The minimum atomic E-state index is -1.95. The molecule has 13 atom stereocenters. The van der Waals surface area contributed by atoms with Crippen molar-refractivity contribution in [3.05, 3.63) is 30.5 Å². The number of carbonyl (C=O) groups excluding carboxylic acids is 3. The zero-order valence-electron chi connectivity index (χ0n) is 39.0. The van der Waals surface area contributed by atoms with Gasteiger partial charge in [0.15, 0.2) is 17.7 Å². The zero-order chi connectivity index (χ0) is 47.0. The molecule has 0 spiro atoms. The fourth-order valence-electron chi connectivity index (χ4n) is 9.44. The van der Waals surface area contributed by atoms with E-state index >= 15 is 4.39 Å². The van der Waals surface area contributed by atoms with Crippen molar-refractivity contribution in [3.63, 3.8) is 0 Å². The number of likely N-dealkylation sites (N-methyl/N-ethyl adjacent to an activating group) is 1. The van der Waals surface area contributed by atoms with Crippen molar-refractivity contribution in [2.45, 2.75) is 160 Å². The van der Waals surface area contributed by atoms with Gasteiger partial charge in [0.25, 0.3) is 0 Å². The Kier molecular flexibility index (Phi) is 18.3. The van der Waals surface area contributed by atoms with Crippen molar-refractivity contribution in [2.24, 2.45) is 11.8 Å². The van der Waals surface area contributed by atoms with Crippen LogP contribution in [0.2, 0.25) is 0 Å². The van der Waals surface area contributed by atoms with Crippen molar-refractivity contribution in [1.29, 1.82) is 0 Å². The van der Waals surface area contributed by atoms with Crippen molar-refractivity contribution < 1.29 is 51.5 Å². The molecule has 3 aliphatic rings. The average Bonchev–Trinajstić information content (AvgIpc) is 3.80.